The molecule has 2 rings (SSSR count). The van der Waals surface area contributed by atoms with Gasteiger partial charge in [-0.3, -0.25) is 0 Å². The number of ether oxygens (including phenoxy) is 1. The van der Waals surface area contributed by atoms with E-state index in [1.807, 2.05) is 24.3 Å². The third-order valence-corrected chi connectivity index (χ3v) is 2.98. The molecular formula is C16H21NO2. The van der Waals surface area contributed by atoms with Gasteiger partial charge in [0, 0.05) is 6.54 Å². The molecule has 0 fully saturated rings. The van der Waals surface area contributed by atoms with E-state index in [9.17, 15) is 0 Å². The van der Waals surface area contributed by atoms with Gasteiger partial charge in [0.15, 0.2) is 0 Å². The summed E-state index contributed by atoms with van der Waals surface area (Å²) in [6, 6.07) is 12.1. The van der Waals surface area contributed by atoms with Crippen molar-refractivity contribution in [2.45, 2.75) is 32.9 Å². The van der Waals surface area contributed by atoms with Crippen molar-refractivity contribution in [1.29, 1.82) is 0 Å². The first-order chi connectivity index (χ1) is 9.28. The molecule has 0 saturated carbocycles. The first-order valence-electron chi connectivity index (χ1n) is 6.76. The number of nitrogens with one attached hydrogen (secondary N) is 1. The first kappa shape index (κ1) is 13.7. The van der Waals surface area contributed by atoms with Crippen molar-refractivity contribution in [1.82, 2.24) is 5.32 Å². The van der Waals surface area contributed by atoms with Gasteiger partial charge in [-0.05, 0) is 43.2 Å². The quantitative estimate of drug-likeness (QED) is 0.827. The average Bonchev–Trinajstić information content (AvgIpc) is 2.93. The van der Waals surface area contributed by atoms with E-state index < -0.39 is 0 Å². The molecule has 102 valence electrons. The Labute approximate surface area is 114 Å². The van der Waals surface area contributed by atoms with Crippen LogP contribution >= 0.6 is 0 Å². The predicted molar refractivity (Wildman–Crippen MR) is 76.3 cm³/mol. The summed E-state index contributed by atoms with van der Waals surface area (Å²) in [6.45, 7) is 5.73. The van der Waals surface area contributed by atoms with Gasteiger partial charge >= 0.3 is 0 Å². The zero-order valence-electron chi connectivity index (χ0n) is 11.6. The Hall–Kier alpha value is -1.74. The van der Waals surface area contributed by atoms with Crippen LogP contribution in [-0.2, 0) is 13.0 Å². The van der Waals surface area contributed by atoms with Crippen molar-refractivity contribution in [3.63, 3.8) is 0 Å². The van der Waals surface area contributed by atoms with Crippen molar-refractivity contribution in [2.24, 2.45) is 0 Å². The second-order valence-electron chi connectivity index (χ2n) is 4.64. The third kappa shape index (κ3) is 4.45. The number of furan rings is 1. The lowest BCUT2D eigenvalue weighted by atomic mass is 10.2. The van der Waals surface area contributed by atoms with E-state index in [1.165, 1.54) is 5.56 Å². The van der Waals surface area contributed by atoms with Crippen LogP contribution < -0.4 is 10.1 Å². The van der Waals surface area contributed by atoms with Crippen LogP contribution in [0.4, 0.5) is 0 Å². The molecule has 0 saturated heterocycles. The summed E-state index contributed by atoms with van der Waals surface area (Å²) >= 11 is 0. The lowest BCUT2D eigenvalue weighted by molar-refractivity contribution is 0.215. The summed E-state index contributed by atoms with van der Waals surface area (Å²) in [6.07, 6.45) is 2.87. The molecule has 3 heteroatoms. The molecule has 0 radical (unpaired) electrons. The van der Waals surface area contributed by atoms with E-state index >= 15 is 0 Å². The molecule has 0 aliphatic heterocycles. The Kier molecular flexibility index (Phi) is 5.04. The largest absolute Gasteiger partial charge is 0.489 e. The molecule has 1 atom stereocenters. The van der Waals surface area contributed by atoms with E-state index in [-0.39, 0.29) is 6.10 Å². The smallest absolute Gasteiger partial charge is 0.119 e. The van der Waals surface area contributed by atoms with Gasteiger partial charge in [0.25, 0.3) is 0 Å². The fourth-order valence-corrected chi connectivity index (χ4v) is 1.89. The van der Waals surface area contributed by atoms with E-state index in [0.717, 1.165) is 31.0 Å². The zero-order chi connectivity index (χ0) is 13.5. The lowest BCUT2D eigenvalue weighted by Crippen LogP contribution is -2.28. The predicted octanol–water partition coefficient (Wildman–Crippen LogP) is 3.40. The highest BCUT2D eigenvalue weighted by molar-refractivity contribution is 5.27. The summed E-state index contributed by atoms with van der Waals surface area (Å²) in [5.74, 6) is 1.86. The molecule has 0 aliphatic carbocycles. The summed E-state index contributed by atoms with van der Waals surface area (Å²) < 4.78 is 11.1. The maximum Gasteiger partial charge on any atom is 0.119 e. The highest BCUT2D eigenvalue weighted by Gasteiger charge is 2.04. The van der Waals surface area contributed by atoms with Crippen LogP contribution in [0.5, 0.6) is 5.75 Å². The van der Waals surface area contributed by atoms with Crippen LogP contribution in [-0.4, -0.2) is 12.6 Å². The fraction of sp³-hybridized carbons (Fsp3) is 0.375. The van der Waals surface area contributed by atoms with Gasteiger partial charge in [-0.2, -0.15) is 0 Å². The van der Waals surface area contributed by atoms with Gasteiger partial charge in [0.05, 0.1) is 12.8 Å². The Morgan fingerprint density at radius 1 is 1.21 bits per heavy atom. The van der Waals surface area contributed by atoms with Gasteiger partial charge < -0.3 is 14.5 Å². The van der Waals surface area contributed by atoms with Crippen molar-refractivity contribution < 1.29 is 9.15 Å². The average molecular weight is 259 g/mol. The Morgan fingerprint density at radius 2 is 2.00 bits per heavy atom. The van der Waals surface area contributed by atoms with Crippen LogP contribution in [0.1, 0.15) is 25.2 Å². The summed E-state index contributed by atoms with van der Waals surface area (Å²) in [5, 5.41) is 3.31. The van der Waals surface area contributed by atoms with Gasteiger partial charge in [-0.25, -0.2) is 0 Å². The first-order valence-corrected chi connectivity index (χ1v) is 6.76. The summed E-state index contributed by atoms with van der Waals surface area (Å²) in [7, 11) is 0. The van der Waals surface area contributed by atoms with Crippen LogP contribution in [0.2, 0.25) is 0 Å². The SMILES string of the molecule is CCc1ccc(OC(C)CNCc2ccco2)cc1. The minimum Gasteiger partial charge on any atom is -0.489 e. The Bertz CT molecular complexity index is 462. The van der Waals surface area contributed by atoms with E-state index in [0.29, 0.717) is 0 Å². The van der Waals surface area contributed by atoms with Gasteiger partial charge in [0.2, 0.25) is 0 Å². The van der Waals surface area contributed by atoms with Crippen LogP contribution in [0.25, 0.3) is 0 Å². The summed E-state index contributed by atoms with van der Waals surface area (Å²) in [4.78, 5) is 0. The summed E-state index contributed by atoms with van der Waals surface area (Å²) in [5.41, 5.74) is 1.33. The topological polar surface area (TPSA) is 34.4 Å². The highest BCUT2D eigenvalue weighted by atomic mass is 16.5. The minimum atomic E-state index is 0.127. The maximum absolute atomic E-state index is 5.84. The van der Waals surface area contributed by atoms with Crippen molar-refractivity contribution in [2.75, 3.05) is 6.54 Å². The van der Waals surface area contributed by atoms with Crippen LogP contribution in [0.15, 0.2) is 47.1 Å². The van der Waals surface area contributed by atoms with Gasteiger partial charge in [-0.1, -0.05) is 19.1 Å². The molecule has 0 aliphatic rings. The molecule has 1 aromatic heterocycles. The van der Waals surface area contributed by atoms with Gasteiger partial charge in [0.1, 0.15) is 17.6 Å². The number of rotatable bonds is 7. The van der Waals surface area contributed by atoms with Crippen molar-refractivity contribution in [3.05, 3.63) is 54.0 Å². The lowest BCUT2D eigenvalue weighted by Gasteiger charge is -2.15. The molecule has 2 aromatic rings. The number of benzene rings is 1. The molecule has 19 heavy (non-hydrogen) atoms. The second kappa shape index (κ2) is 7.00. The molecule has 0 amide bonds. The molecule has 1 heterocycles. The van der Waals surface area contributed by atoms with Crippen LogP contribution in [0, 0.1) is 0 Å². The monoisotopic (exact) mass is 259 g/mol. The number of hydrogen-bond donors (Lipinski definition) is 1. The van der Waals surface area contributed by atoms with Crippen molar-refractivity contribution in [3.8, 4) is 5.75 Å². The Balaban J connectivity index is 1.72. The molecule has 3 nitrogen and oxygen atoms in total. The molecule has 1 unspecified atom stereocenters. The third-order valence-electron chi connectivity index (χ3n) is 2.98. The van der Waals surface area contributed by atoms with Crippen LogP contribution in [0.3, 0.4) is 0 Å². The van der Waals surface area contributed by atoms with E-state index in [4.69, 9.17) is 9.15 Å². The minimum absolute atomic E-state index is 0.127. The molecule has 1 N–H and O–H groups in total. The Morgan fingerprint density at radius 3 is 2.63 bits per heavy atom. The van der Waals surface area contributed by atoms with E-state index in [1.54, 1.807) is 6.26 Å². The second-order valence-corrected chi connectivity index (χ2v) is 4.64. The molecule has 0 bridgehead atoms. The number of aryl methyl sites for hydroxylation is 1. The molecule has 1 aromatic carbocycles. The van der Waals surface area contributed by atoms with Gasteiger partial charge in [-0.15, -0.1) is 0 Å². The maximum atomic E-state index is 5.84. The normalized spacial score (nSPS) is 12.3. The fourth-order valence-electron chi connectivity index (χ4n) is 1.89. The number of hydrogen-bond acceptors (Lipinski definition) is 3. The van der Waals surface area contributed by atoms with Crippen molar-refractivity contribution >= 4 is 0 Å². The molecule has 0 spiro atoms. The molecular weight excluding hydrogens is 238 g/mol. The van der Waals surface area contributed by atoms with E-state index in [2.05, 4.69) is 31.3 Å². The standard InChI is InChI=1S/C16H21NO2/c1-3-14-6-8-15(9-7-14)19-13(2)11-17-12-16-5-4-10-18-16/h4-10,13,17H,3,11-12H2,1-2H3. The highest BCUT2D eigenvalue weighted by Crippen LogP contribution is 2.14. The zero-order valence-corrected chi connectivity index (χ0v) is 11.6.